The van der Waals surface area contributed by atoms with Gasteiger partial charge in [-0.1, -0.05) is 12.2 Å². The second-order valence-corrected chi connectivity index (χ2v) is 4.66. The van der Waals surface area contributed by atoms with E-state index in [9.17, 15) is 0 Å². The van der Waals surface area contributed by atoms with E-state index in [1.54, 1.807) is 14.2 Å². The van der Waals surface area contributed by atoms with Crippen LogP contribution in [0.3, 0.4) is 0 Å². The molecule has 0 aromatic heterocycles. The van der Waals surface area contributed by atoms with E-state index in [2.05, 4.69) is 14.4 Å². The van der Waals surface area contributed by atoms with Crippen molar-refractivity contribution in [1.82, 2.24) is 0 Å². The van der Waals surface area contributed by atoms with Crippen LogP contribution in [0.5, 0.6) is 0 Å². The summed E-state index contributed by atoms with van der Waals surface area (Å²) in [6, 6.07) is 0.195. The fourth-order valence-corrected chi connectivity index (χ4v) is 3.16. The Bertz CT molecular complexity index is 269. The van der Waals surface area contributed by atoms with Crippen molar-refractivity contribution in [3.05, 3.63) is 12.2 Å². The van der Waals surface area contributed by atoms with Gasteiger partial charge >= 0.3 is 0 Å². The van der Waals surface area contributed by atoms with Crippen molar-refractivity contribution in [3.8, 4) is 0 Å². The van der Waals surface area contributed by atoms with Crippen molar-refractivity contribution >= 4 is 7.85 Å². The maximum absolute atomic E-state index is 6.08. The molecule has 4 heteroatoms. The molecule has 3 nitrogen and oxygen atoms in total. The summed E-state index contributed by atoms with van der Waals surface area (Å²) in [5.41, 5.74) is 1.02. The molecule has 15 heavy (non-hydrogen) atoms. The fourth-order valence-electron chi connectivity index (χ4n) is 3.16. The second-order valence-electron chi connectivity index (χ2n) is 4.66. The molecule has 0 amide bonds. The highest BCUT2D eigenvalue weighted by Gasteiger charge is 2.57. The minimum Gasteiger partial charge on any atom is -0.382 e. The highest BCUT2D eigenvalue weighted by atomic mass is 16.6. The molecule has 2 fully saturated rings. The third kappa shape index (κ3) is 1.55. The number of methoxy groups -OCH3 is 2. The molecule has 1 saturated carbocycles. The van der Waals surface area contributed by atoms with Gasteiger partial charge in [0.1, 0.15) is 13.4 Å². The van der Waals surface area contributed by atoms with Crippen LogP contribution >= 0.6 is 0 Å². The summed E-state index contributed by atoms with van der Waals surface area (Å²) in [5, 5.41) is 0. The molecule has 2 rings (SSSR count). The Morgan fingerprint density at radius 2 is 2.33 bits per heavy atom. The molecule has 2 bridgehead atoms. The maximum atomic E-state index is 6.08. The smallest absolute Gasteiger partial charge is 0.140 e. The van der Waals surface area contributed by atoms with Gasteiger partial charge in [0.05, 0.1) is 12.7 Å². The first-order chi connectivity index (χ1) is 7.14. The van der Waals surface area contributed by atoms with Crippen LogP contribution in [0, 0.1) is 5.92 Å². The lowest BCUT2D eigenvalue weighted by Crippen LogP contribution is -2.49. The Morgan fingerprint density at radius 1 is 1.60 bits per heavy atom. The largest absolute Gasteiger partial charge is 0.382 e. The Labute approximate surface area is 92.2 Å². The van der Waals surface area contributed by atoms with Gasteiger partial charge in [0.15, 0.2) is 0 Å². The molecule has 0 spiro atoms. The molecule has 4 atom stereocenters. The molecule has 1 heterocycles. The first-order valence-electron chi connectivity index (χ1n) is 5.52. The first kappa shape index (κ1) is 11.2. The SMILES string of the molecule is B[C@@H]1O[C@@]2(COC)CCC(=C)C1C2OC. The predicted molar refractivity (Wildman–Crippen MR) is 60.7 cm³/mol. The number of fused-ring (bicyclic) bond motifs is 2. The van der Waals surface area contributed by atoms with Gasteiger partial charge in [0.25, 0.3) is 0 Å². The van der Waals surface area contributed by atoms with Crippen molar-refractivity contribution in [2.24, 2.45) is 5.92 Å². The molecular weight excluding hydrogens is 191 g/mol. The van der Waals surface area contributed by atoms with Gasteiger partial charge in [-0.05, 0) is 12.8 Å². The van der Waals surface area contributed by atoms with Crippen molar-refractivity contribution < 1.29 is 14.2 Å². The van der Waals surface area contributed by atoms with Crippen LogP contribution in [0.4, 0.5) is 0 Å². The number of hydrogen-bond acceptors (Lipinski definition) is 3. The highest BCUT2D eigenvalue weighted by molar-refractivity contribution is 6.11. The number of ether oxygens (including phenoxy) is 3. The van der Waals surface area contributed by atoms with E-state index in [1.807, 2.05) is 0 Å². The van der Waals surface area contributed by atoms with Crippen LogP contribution in [0.2, 0.25) is 0 Å². The van der Waals surface area contributed by atoms with E-state index in [4.69, 9.17) is 14.2 Å². The number of hydrogen-bond donors (Lipinski definition) is 0. The standard InChI is InChI=1S/C11H19BO3/c1-7-4-5-11(6-13-2)9(14-3)8(7)10(12)15-11/h8-10H,1,4-6,12H2,2-3H3/t8?,9?,10-,11-/m1/s1. The summed E-state index contributed by atoms with van der Waals surface area (Å²) < 4.78 is 17.0. The van der Waals surface area contributed by atoms with Crippen LogP contribution in [0.1, 0.15) is 12.8 Å². The third-order valence-electron chi connectivity index (χ3n) is 3.75. The molecule has 1 aliphatic heterocycles. The Hall–Kier alpha value is -0.315. The number of rotatable bonds is 3. The first-order valence-corrected chi connectivity index (χ1v) is 5.52. The molecule has 2 unspecified atom stereocenters. The van der Waals surface area contributed by atoms with Gasteiger partial charge in [-0.2, -0.15) is 0 Å². The average Bonchev–Trinajstić information content (AvgIpc) is 2.41. The van der Waals surface area contributed by atoms with E-state index in [0.717, 1.165) is 12.8 Å². The monoisotopic (exact) mass is 210 g/mol. The zero-order chi connectivity index (χ0) is 11.1. The zero-order valence-corrected chi connectivity index (χ0v) is 9.79. The van der Waals surface area contributed by atoms with Crippen molar-refractivity contribution in [2.75, 3.05) is 20.8 Å². The summed E-state index contributed by atoms with van der Waals surface area (Å²) in [6.07, 6.45) is 2.09. The van der Waals surface area contributed by atoms with Crippen LogP contribution < -0.4 is 0 Å². The minimum absolute atomic E-state index is 0.105. The molecule has 0 aromatic rings. The van der Waals surface area contributed by atoms with Crippen LogP contribution in [0.15, 0.2) is 12.2 Å². The van der Waals surface area contributed by atoms with Crippen LogP contribution in [-0.2, 0) is 14.2 Å². The lowest BCUT2D eigenvalue weighted by molar-refractivity contribution is -0.124. The molecule has 1 saturated heterocycles. The van der Waals surface area contributed by atoms with E-state index in [-0.39, 0.29) is 17.7 Å². The van der Waals surface area contributed by atoms with Gasteiger partial charge in [-0.15, -0.1) is 0 Å². The molecule has 2 aliphatic rings. The quantitative estimate of drug-likeness (QED) is 0.496. The van der Waals surface area contributed by atoms with E-state index in [1.165, 1.54) is 5.57 Å². The lowest BCUT2D eigenvalue weighted by atomic mass is 9.71. The predicted octanol–water partition coefficient (Wildman–Crippen LogP) is 0.342. The molecular formula is C11H19BO3. The molecule has 0 N–H and O–H groups in total. The second kappa shape index (κ2) is 3.93. The van der Waals surface area contributed by atoms with Crippen molar-refractivity contribution in [1.29, 1.82) is 0 Å². The summed E-state index contributed by atoms with van der Waals surface area (Å²) in [7, 11) is 5.57. The normalized spacial score (nSPS) is 44.7. The van der Waals surface area contributed by atoms with Crippen LogP contribution in [0.25, 0.3) is 0 Å². The summed E-state index contributed by atoms with van der Waals surface area (Å²) in [5.74, 6) is 0.332. The third-order valence-corrected chi connectivity index (χ3v) is 3.75. The van der Waals surface area contributed by atoms with Gasteiger partial charge in [0.2, 0.25) is 0 Å². The van der Waals surface area contributed by atoms with Gasteiger partial charge in [-0.25, -0.2) is 0 Å². The molecule has 1 aliphatic carbocycles. The highest BCUT2D eigenvalue weighted by Crippen LogP contribution is 2.48. The van der Waals surface area contributed by atoms with Gasteiger partial charge in [-0.3, -0.25) is 0 Å². The van der Waals surface area contributed by atoms with Crippen molar-refractivity contribution in [3.63, 3.8) is 0 Å². The van der Waals surface area contributed by atoms with E-state index >= 15 is 0 Å². The lowest BCUT2D eigenvalue weighted by Gasteiger charge is -2.38. The Balaban J connectivity index is 2.28. The van der Waals surface area contributed by atoms with E-state index in [0.29, 0.717) is 12.5 Å². The van der Waals surface area contributed by atoms with Crippen LogP contribution in [-0.4, -0.2) is 46.4 Å². The summed E-state index contributed by atoms with van der Waals surface area (Å²) in [6.45, 7) is 4.74. The fraction of sp³-hybridized carbons (Fsp3) is 0.818. The summed E-state index contributed by atoms with van der Waals surface area (Å²) in [4.78, 5) is 0. The van der Waals surface area contributed by atoms with Gasteiger partial charge < -0.3 is 14.2 Å². The molecule has 0 radical (unpaired) electrons. The van der Waals surface area contributed by atoms with E-state index < -0.39 is 0 Å². The maximum Gasteiger partial charge on any atom is 0.140 e. The average molecular weight is 210 g/mol. The Kier molecular flexibility index (Phi) is 2.93. The van der Waals surface area contributed by atoms with Gasteiger partial charge in [0, 0.05) is 26.1 Å². The summed E-state index contributed by atoms with van der Waals surface area (Å²) >= 11 is 0. The van der Waals surface area contributed by atoms with Crippen molar-refractivity contribution in [2.45, 2.75) is 30.5 Å². The zero-order valence-electron chi connectivity index (χ0n) is 9.79. The Morgan fingerprint density at radius 3 is 2.93 bits per heavy atom. The molecule has 84 valence electrons. The minimum atomic E-state index is -0.241. The molecule has 0 aromatic carbocycles. The topological polar surface area (TPSA) is 27.7 Å².